The molecule has 1 atom stereocenters. The Balaban J connectivity index is 5.09. The summed E-state index contributed by atoms with van der Waals surface area (Å²) < 4.78 is 15.8. The van der Waals surface area contributed by atoms with Gasteiger partial charge in [-0.3, -0.25) is 4.79 Å². The molecule has 170 valence electrons. The average Bonchev–Trinajstić information content (AvgIpc) is 2.67. The molecule has 0 aromatic carbocycles. The second kappa shape index (κ2) is 15.1. The quantitative estimate of drug-likeness (QED) is 0.0832. The fourth-order valence-electron chi connectivity index (χ4n) is 2.94. The summed E-state index contributed by atoms with van der Waals surface area (Å²) in [4.78, 5) is 22.7. The molecular formula is C24H40O5Si. The predicted octanol–water partition coefficient (Wildman–Crippen LogP) is 5.62. The highest BCUT2D eigenvalue weighted by Crippen LogP contribution is 2.22. The maximum Gasteiger partial charge on any atom is 0.333 e. The van der Waals surface area contributed by atoms with Crippen molar-refractivity contribution >= 4 is 20.3 Å². The van der Waals surface area contributed by atoms with E-state index in [1.54, 1.807) is 14.0 Å². The van der Waals surface area contributed by atoms with E-state index < -0.39 is 8.07 Å². The monoisotopic (exact) mass is 436 g/mol. The fourth-order valence-corrected chi connectivity index (χ4v) is 4.51. The highest BCUT2D eigenvalue weighted by atomic mass is 28.3. The van der Waals surface area contributed by atoms with Crippen LogP contribution in [0.2, 0.25) is 25.7 Å². The van der Waals surface area contributed by atoms with Gasteiger partial charge in [-0.05, 0) is 56.7 Å². The molecule has 0 spiro atoms. The zero-order valence-electron chi connectivity index (χ0n) is 19.9. The van der Waals surface area contributed by atoms with Crippen LogP contribution in [0.15, 0.2) is 47.1 Å². The molecule has 0 aliphatic heterocycles. The Morgan fingerprint density at radius 2 is 1.70 bits per heavy atom. The second-order valence-electron chi connectivity index (χ2n) is 8.77. The lowest BCUT2D eigenvalue weighted by atomic mass is 10.0. The molecule has 0 aliphatic carbocycles. The third-order valence-corrected chi connectivity index (χ3v) is 5.92. The van der Waals surface area contributed by atoms with Crippen molar-refractivity contribution in [1.82, 2.24) is 0 Å². The van der Waals surface area contributed by atoms with Gasteiger partial charge in [-0.15, -0.1) is 0 Å². The van der Waals surface area contributed by atoms with Crippen LogP contribution in [0.5, 0.6) is 0 Å². The van der Waals surface area contributed by atoms with Gasteiger partial charge in [0.15, 0.2) is 0 Å². The third-order valence-electron chi connectivity index (χ3n) is 4.40. The van der Waals surface area contributed by atoms with E-state index in [-0.39, 0.29) is 18.9 Å². The lowest BCUT2D eigenvalue weighted by Gasteiger charge is -2.23. The molecule has 0 heterocycles. The van der Waals surface area contributed by atoms with Crippen molar-refractivity contribution in [1.29, 1.82) is 0 Å². The minimum atomic E-state index is -1.29. The zero-order chi connectivity index (χ0) is 23.2. The molecule has 0 aromatic heterocycles. The minimum absolute atomic E-state index is 0.169. The maximum absolute atomic E-state index is 12.0. The molecule has 0 amide bonds. The van der Waals surface area contributed by atoms with Crippen molar-refractivity contribution < 1.29 is 23.8 Å². The van der Waals surface area contributed by atoms with Crippen LogP contribution in [0.3, 0.4) is 0 Å². The van der Waals surface area contributed by atoms with Gasteiger partial charge in [0, 0.05) is 20.8 Å². The van der Waals surface area contributed by atoms with Gasteiger partial charge in [0.1, 0.15) is 13.1 Å². The van der Waals surface area contributed by atoms with Crippen molar-refractivity contribution in [3.05, 3.63) is 47.1 Å². The first-order valence-corrected chi connectivity index (χ1v) is 14.1. The molecule has 30 heavy (non-hydrogen) atoms. The van der Waals surface area contributed by atoms with Crippen LogP contribution < -0.4 is 0 Å². The molecule has 0 saturated carbocycles. The summed E-state index contributed by atoms with van der Waals surface area (Å²) >= 11 is 0. The van der Waals surface area contributed by atoms with Crippen LogP contribution in [-0.4, -0.2) is 47.4 Å². The molecule has 0 bridgehead atoms. The number of allylic oxidation sites excluding steroid dienone is 4. The van der Waals surface area contributed by atoms with E-state index in [9.17, 15) is 9.59 Å². The van der Waals surface area contributed by atoms with E-state index in [4.69, 9.17) is 14.2 Å². The van der Waals surface area contributed by atoms with Gasteiger partial charge in [-0.2, -0.15) is 0 Å². The van der Waals surface area contributed by atoms with Crippen LogP contribution in [0.25, 0.3) is 0 Å². The first kappa shape index (κ1) is 28.2. The summed E-state index contributed by atoms with van der Waals surface area (Å²) in [5.74, 6) is -0.321. The van der Waals surface area contributed by atoms with E-state index in [1.807, 2.05) is 12.2 Å². The lowest BCUT2D eigenvalue weighted by Crippen LogP contribution is -2.25. The number of carbonyl (C=O) groups is 2. The number of esters is 1. The van der Waals surface area contributed by atoms with E-state index in [0.717, 1.165) is 30.7 Å². The number of methoxy groups -OCH3 is 2. The molecule has 0 aromatic rings. The smallest absolute Gasteiger partial charge is 0.333 e. The normalized spacial score (nSPS) is 14.4. The maximum atomic E-state index is 12.0. The van der Waals surface area contributed by atoms with Crippen LogP contribution in [-0.2, 0) is 23.8 Å². The Bertz CT molecular complexity index is 653. The van der Waals surface area contributed by atoms with E-state index in [1.165, 1.54) is 12.7 Å². The SMILES string of the molecule is C=C(C[Si](C)(C)C)C(/C=C(\C)CC/C=C(/CC/C=C(\C)C=O)C(=O)OC)OCOC. The Hall–Kier alpha value is -1.76. The highest BCUT2D eigenvalue weighted by molar-refractivity contribution is 6.76. The van der Waals surface area contributed by atoms with E-state index in [2.05, 4.69) is 39.2 Å². The lowest BCUT2D eigenvalue weighted by molar-refractivity contribution is -0.136. The van der Waals surface area contributed by atoms with Gasteiger partial charge in [0.05, 0.1) is 13.2 Å². The number of hydrogen-bond acceptors (Lipinski definition) is 5. The van der Waals surface area contributed by atoms with Gasteiger partial charge in [0.2, 0.25) is 0 Å². The summed E-state index contributed by atoms with van der Waals surface area (Å²) in [6, 6.07) is 0.991. The molecule has 6 heteroatoms. The van der Waals surface area contributed by atoms with Gasteiger partial charge < -0.3 is 14.2 Å². The number of rotatable bonds is 15. The molecule has 0 radical (unpaired) electrons. The van der Waals surface area contributed by atoms with E-state index in [0.29, 0.717) is 24.0 Å². The van der Waals surface area contributed by atoms with Crippen molar-refractivity contribution in [2.24, 2.45) is 0 Å². The first-order chi connectivity index (χ1) is 14.0. The van der Waals surface area contributed by atoms with Crippen molar-refractivity contribution in [3.8, 4) is 0 Å². The molecule has 0 aliphatic rings. The van der Waals surface area contributed by atoms with Gasteiger partial charge >= 0.3 is 5.97 Å². The Morgan fingerprint density at radius 3 is 2.23 bits per heavy atom. The van der Waals surface area contributed by atoms with Crippen molar-refractivity contribution in [3.63, 3.8) is 0 Å². The predicted molar refractivity (Wildman–Crippen MR) is 126 cm³/mol. The van der Waals surface area contributed by atoms with Crippen molar-refractivity contribution in [2.45, 2.75) is 71.3 Å². The van der Waals surface area contributed by atoms with Crippen LogP contribution in [0.4, 0.5) is 0 Å². The molecule has 0 saturated heterocycles. The molecule has 5 nitrogen and oxygen atoms in total. The van der Waals surface area contributed by atoms with Crippen LogP contribution in [0.1, 0.15) is 39.5 Å². The highest BCUT2D eigenvalue weighted by Gasteiger charge is 2.20. The summed E-state index contributed by atoms with van der Waals surface area (Å²) in [6.07, 6.45) is 9.20. The third kappa shape index (κ3) is 13.5. The number of aldehydes is 1. The van der Waals surface area contributed by atoms with Crippen molar-refractivity contribution in [2.75, 3.05) is 21.0 Å². The standard InChI is InChI=1S/C24H40O5Si/c1-19(15-23(29-18-27-4)21(3)17-30(6,7)8)11-9-13-22(24(26)28-5)14-10-12-20(2)16-25/h12-13,15-16,23H,3,9-11,14,17-18H2,1-2,4-8H3/b19-15+,20-12+,22-13-. The number of ether oxygens (including phenoxy) is 3. The molecular weight excluding hydrogens is 396 g/mol. The topological polar surface area (TPSA) is 61.8 Å². The largest absolute Gasteiger partial charge is 0.466 e. The van der Waals surface area contributed by atoms with Gasteiger partial charge in [-0.1, -0.05) is 50.0 Å². The zero-order valence-corrected chi connectivity index (χ0v) is 20.9. The number of hydrogen-bond donors (Lipinski definition) is 0. The summed E-state index contributed by atoms with van der Waals surface area (Å²) in [5.41, 5.74) is 3.55. The Labute approximate surface area is 183 Å². The molecule has 1 unspecified atom stereocenters. The number of carbonyl (C=O) groups excluding carboxylic acids is 2. The Morgan fingerprint density at radius 1 is 1.07 bits per heavy atom. The summed E-state index contributed by atoms with van der Waals surface area (Å²) in [5, 5.41) is 0. The summed E-state index contributed by atoms with van der Waals surface area (Å²) in [6.45, 7) is 15.2. The first-order valence-electron chi connectivity index (χ1n) is 10.4. The molecule has 0 fully saturated rings. The van der Waals surface area contributed by atoms with E-state index >= 15 is 0 Å². The molecule has 0 N–H and O–H groups in total. The fraction of sp³-hybridized carbons (Fsp3) is 0.583. The van der Waals surface area contributed by atoms with Gasteiger partial charge in [-0.25, -0.2) is 4.79 Å². The average molecular weight is 437 g/mol. The van der Waals surface area contributed by atoms with Crippen LogP contribution >= 0.6 is 0 Å². The minimum Gasteiger partial charge on any atom is -0.466 e. The second-order valence-corrected chi connectivity index (χ2v) is 14.2. The van der Waals surface area contributed by atoms with Crippen LogP contribution in [0, 0.1) is 0 Å². The van der Waals surface area contributed by atoms with Gasteiger partial charge in [0.25, 0.3) is 0 Å². The summed E-state index contributed by atoms with van der Waals surface area (Å²) in [7, 11) is 1.70. The molecule has 0 rings (SSSR count). The Kier molecular flexibility index (Phi) is 14.2.